The van der Waals surface area contributed by atoms with Crippen LogP contribution in [0.5, 0.6) is 0 Å². The van der Waals surface area contributed by atoms with Gasteiger partial charge in [-0.25, -0.2) is 4.98 Å². The Morgan fingerprint density at radius 1 is 1.33 bits per heavy atom. The maximum Gasteiger partial charge on any atom is 0.134 e. The highest BCUT2D eigenvalue weighted by atomic mass is 79.9. The number of hydrogen-bond acceptors (Lipinski definition) is 1. The van der Waals surface area contributed by atoms with Gasteiger partial charge in [-0.2, -0.15) is 0 Å². The molecule has 0 radical (unpaired) electrons. The van der Waals surface area contributed by atoms with Gasteiger partial charge in [0.2, 0.25) is 0 Å². The van der Waals surface area contributed by atoms with Crippen molar-refractivity contribution in [2.24, 2.45) is 0 Å². The summed E-state index contributed by atoms with van der Waals surface area (Å²) >= 11 is 15.0. The van der Waals surface area contributed by atoms with E-state index in [1.165, 1.54) is 0 Å². The Labute approximate surface area is 90.2 Å². The quantitative estimate of drug-likeness (QED) is 0.587. The van der Waals surface area contributed by atoms with Crippen molar-refractivity contribution in [3.63, 3.8) is 0 Å². The standard InChI is InChI=1S/C8H8BrCl2N/c1-2-5-3-6(4-9)8(11)12-7(5)10/h3H,2,4H2,1H3. The van der Waals surface area contributed by atoms with Crippen molar-refractivity contribution in [1.82, 2.24) is 4.98 Å². The van der Waals surface area contributed by atoms with Gasteiger partial charge in [0.25, 0.3) is 0 Å². The highest BCUT2D eigenvalue weighted by Crippen LogP contribution is 2.23. The van der Waals surface area contributed by atoms with Crippen LogP contribution in [0.4, 0.5) is 0 Å². The average molecular weight is 269 g/mol. The largest absolute Gasteiger partial charge is 0.224 e. The number of aryl methyl sites for hydroxylation is 1. The molecule has 12 heavy (non-hydrogen) atoms. The number of pyridine rings is 1. The van der Waals surface area contributed by atoms with Crippen LogP contribution >= 0.6 is 39.1 Å². The Bertz CT molecular complexity index is 263. The zero-order valence-electron chi connectivity index (χ0n) is 6.57. The Hall–Kier alpha value is 0.210. The van der Waals surface area contributed by atoms with Gasteiger partial charge < -0.3 is 0 Å². The van der Waals surface area contributed by atoms with Gasteiger partial charge >= 0.3 is 0 Å². The van der Waals surface area contributed by atoms with E-state index < -0.39 is 0 Å². The van der Waals surface area contributed by atoms with Crippen LogP contribution in [0.2, 0.25) is 10.3 Å². The summed E-state index contributed by atoms with van der Waals surface area (Å²) in [7, 11) is 0. The molecule has 4 heteroatoms. The Morgan fingerprint density at radius 2 is 1.92 bits per heavy atom. The Morgan fingerprint density at radius 3 is 2.42 bits per heavy atom. The summed E-state index contributed by atoms with van der Waals surface area (Å²) in [5.41, 5.74) is 2.02. The molecule has 0 unspecified atom stereocenters. The molecule has 1 aromatic rings. The number of halogens is 3. The molecule has 1 aromatic heterocycles. The van der Waals surface area contributed by atoms with Crippen LogP contribution < -0.4 is 0 Å². The van der Waals surface area contributed by atoms with Crippen LogP contribution in [0.15, 0.2) is 6.07 Å². The van der Waals surface area contributed by atoms with Crippen LogP contribution in [0.25, 0.3) is 0 Å². The van der Waals surface area contributed by atoms with E-state index in [1.54, 1.807) is 0 Å². The second kappa shape index (κ2) is 4.45. The minimum atomic E-state index is 0.481. The van der Waals surface area contributed by atoms with Crippen molar-refractivity contribution >= 4 is 39.1 Å². The molecule has 1 nitrogen and oxygen atoms in total. The lowest BCUT2D eigenvalue weighted by Crippen LogP contribution is -1.91. The van der Waals surface area contributed by atoms with E-state index in [0.29, 0.717) is 15.6 Å². The van der Waals surface area contributed by atoms with E-state index in [1.807, 2.05) is 13.0 Å². The van der Waals surface area contributed by atoms with E-state index in [-0.39, 0.29) is 0 Å². The third-order valence-corrected chi connectivity index (χ3v) is 2.86. The molecule has 0 fully saturated rings. The molecule has 0 aliphatic carbocycles. The van der Waals surface area contributed by atoms with E-state index >= 15 is 0 Å². The predicted molar refractivity (Wildman–Crippen MR) is 56.3 cm³/mol. The maximum absolute atomic E-state index is 5.85. The lowest BCUT2D eigenvalue weighted by molar-refractivity contribution is 1.09. The first-order valence-electron chi connectivity index (χ1n) is 3.58. The SMILES string of the molecule is CCc1cc(CBr)c(Cl)nc1Cl. The van der Waals surface area contributed by atoms with Crippen molar-refractivity contribution in [1.29, 1.82) is 0 Å². The summed E-state index contributed by atoms with van der Waals surface area (Å²) in [5, 5.41) is 1.70. The van der Waals surface area contributed by atoms with E-state index in [2.05, 4.69) is 20.9 Å². The number of hydrogen-bond donors (Lipinski definition) is 0. The lowest BCUT2D eigenvalue weighted by Gasteiger charge is -2.04. The van der Waals surface area contributed by atoms with Gasteiger partial charge in [0.05, 0.1) is 0 Å². The summed E-state index contributed by atoms with van der Waals surface area (Å²) in [6.07, 6.45) is 0.878. The number of alkyl halides is 1. The molecule has 1 heterocycles. The second-order valence-corrected chi connectivity index (χ2v) is 3.65. The second-order valence-electron chi connectivity index (χ2n) is 2.38. The lowest BCUT2D eigenvalue weighted by atomic mass is 10.2. The summed E-state index contributed by atoms with van der Waals surface area (Å²) in [6.45, 7) is 2.04. The van der Waals surface area contributed by atoms with E-state index in [0.717, 1.165) is 17.5 Å². The first-order valence-corrected chi connectivity index (χ1v) is 5.46. The van der Waals surface area contributed by atoms with Gasteiger partial charge in [-0.3, -0.25) is 0 Å². The van der Waals surface area contributed by atoms with Gasteiger partial charge in [0.1, 0.15) is 10.3 Å². The number of aromatic nitrogens is 1. The zero-order valence-corrected chi connectivity index (χ0v) is 9.67. The number of nitrogens with zero attached hydrogens (tertiary/aromatic N) is 1. The fraction of sp³-hybridized carbons (Fsp3) is 0.375. The molecule has 0 N–H and O–H groups in total. The molecule has 0 atom stereocenters. The molecule has 0 aliphatic rings. The Kier molecular flexibility index (Phi) is 3.81. The normalized spacial score (nSPS) is 10.3. The molecule has 0 amide bonds. The fourth-order valence-electron chi connectivity index (χ4n) is 0.901. The smallest absolute Gasteiger partial charge is 0.134 e. The molecule has 66 valence electrons. The van der Waals surface area contributed by atoms with Gasteiger partial charge in [-0.05, 0) is 18.1 Å². The minimum Gasteiger partial charge on any atom is -0.224 e. The summed E-state index contributed by atoms with van der Waals surface area (Å²) < 4.78 is 0. The van der Waals surface area contributed by atoms with Crippen LogP contribution in [-0.2, 0) is 11.8 Å². The van der Waals surface area contributed by atoms with Crippen LogP contribution in [-0.4, -0.2) is 4.98 Å². The first kappa shape index (κ1) is 10.3. The molecule has 0 saturated carbocycles. The molecular formula is C8H8BrCl2N. The highest BCUT2D eigenvalue weighted by Gasteiger charge is 2.06. The summed E-state index contributed by atoms with van der Waals surface area (Å²) in [5.74, 6) is 0. The maximum atomic E-state index is 5.85. The minimum absolute atomic E-state index is 0.481. The molecule has 0 aromatic carbocycles. The van der Waals surface area contributed by atoms with Gasteiger partial charge in [-0.1, -0.05) is 46.1 Å². The van der Waals surface area contributed by atoms with Crippen molar-refractivity contribution in [3.8, 4) is 0 Å². The Balaban J connectivity index is 3.18. The summed E-state index contributed by atoms with van der Waals surface area (Å²) in [4.78, 5) is 4.02. The number of rotatable bonds is 2. The molecule has 0 saturated heterocycles. The van der Waals surface area contributed by atoms with Crippen LogP contribution in [0.3, 0.4) is 0 Å². The zero-order chi connectivity index (χ0) is 9.14. The van der Waals surface area contributed by atoms with Crippen molar-refractivity contribution in [3.05, 3.63) is 27.5 Å². The van der Waals surface area contributed by atoms with E-state index in [9.17, 15) is 0 Å². The monoisotopic (exact) mass is 267 g/mol. The predicted octanol–water partition coefficient (Wildman–Crippen LogP) is 3.85. The molecule has 0 aliphatic heterocycles. The molecule has 0 bridgehead atoms. The van der Waals surface area contributed by atoms with Gasteiger partial charge in [-0.15, -0.1) is 0 Å². The van der Waals surface area contributed by atoms with Crippen molar-refractivity contribution < 1.29 is 0 Å². The molecule has 0 spiro atoms. The molecular weight excluding hydrogens is 261 g/mol. The van der Waals surface area contributed by atoms with E-state index in [4.69, 9.17) is 23.2 Å². The van der Waals surface area contributed by atoms with Gasteiger partial charge in [0.15, 0.2) is 0 Å². The van der Waals surface area contributed by atoms with Crippen molar-refractivity contribution in [2.75, 3.05) is 0 Å². The van der Waals surface area contributed by atoms with Crippen LogP contribution in [0.1, 0.15) is 18.1 Å². The summed E-state index contributed by atoms with van der Waals surface area (Å²) in [6, 6.07) is 1.98. The third kappa shape index (κ3) is 2.12. The van der Waals surface area contributed by atoms with Gasteiger partial charge in [0, 0.05) is 10.9 Å². The van der Waals surface area contributed by atoms with Crippen molar-refractivity contribution in [2.45, 2.75) is 18.7 Å². The highest BCUT2D eigenvalue weighted by molar-refractivity contribution is 9.08. The van der Waals surface area contributed by atoms with Crippen LogP contribution in [0, 0.1) is 0 Å². The fourth-order valence-corrected chi connectivity index (χ4v) is 2.01. The topological polar surface area (TPSA) is 12.9 Å². The first-order chi connectivity index (χ1) is 5.69. The average Bonchev–Trinajstić information content (AvgIpc) is 2.05. The third-order valence-electron chi connectivity index (χ3n) is 1.60. The molecule has 1 rings (SSSR count).